The fourth-order valence-corrected chi connectivity index (χ4v) is 1.73. The lowest BCUT2D eigenvalue weighted by molar-refractivity contribution is 0.0603. The number of para-hydroxylation sites is 1. The van der Waals surface area contributed by atoms with Crippen LogP contribution in [0.5, 0.6) is 0 Å². The molecular weight excluding hydrogens is 228 g/mol. The first kappa shape index (κ1) is 10.7. The van der Waals surface area contributed by atoms with Crippen LogP contribution in [-0.4, -0.2) is 18.1 Å². The number of rotatable bonds is 1. The van der Waals surface area contributed by atoms with Gasteiger partial charge in [0.2, 0.25) is 0 Å². The van der Waals surface area contributed by atoms with Gasteiger partial charge in [-0.15, -0.1) is 0 Å². The number of pyridine rings is 1. The molecule has 0 bridgehead atoms. The van der Waals surface area contributed by atoms with E-state index in [1.807, 2.05) is 0 Å². The summed E-state index contributed by atoms with van der Waals surface area (Å²) in [4.78, 5) is 15.6. The molecule has 0 aliphatic rings. The molecule has 0 atom stereocenters. The summed E-state index contributed by atoms with van der Waals surface area (Å²) in [6.45, 7) is 0. The van der Waals surface area contributed by atoms with Crippen molar-refractivity contribution in [1.82, 2.24) is 4.98 Å². The molecule has 16 heavy (non-hydrogen) atoms. The largest absolute Gasteiger partial charge is 0.465 e. The standard InChI is InChI=1S/C11H9ClN2O2/c1-16-11(15)7-5-9(13)14-10-6(7)3-2-4-8(10)12/h2-5H,1H3,(H2,13,14). The van der Waals surface area contributed by atoms with Crippen LogP contribution in [0.4, 0.5) is 5.82 Å². The number of fused-ring (bicyclic) bond motifs is 1. The van der Waals surface area contributed by atoms with Crippen LogP contribution in [0.2, 0.25) is 5.02 Å². The third-order valence-corrected chi connectivity index (χ3v) is 2.52. The Kier molecular flexibility index (Phi) is 2.66. The molecule has 0 spiro atoms. The summed E-state index contributed by atoms with van der Waals surface area (Å²) in [7, 11) is 1.31. The number of hydrogen-bond acceptors (Lipinski definition) is 4. The molecule has 0 aliphatic carbocycles. The molecule has 0 amide bonds. The Balaban J connectivity index is 2.83. The number of ether oxygens (including phenoxy) is 1. The summed E-state index contributed by atoms with van der Waals surface area (Å²) >= 11 is 5.98. The Bertz CT molecular complexity index is 569. The average Bonchev–Trinajstić information content (AvgIpc) is 2.28. The zero-order valence-corrected chi connectivity index (χ0v) is 9.28. The molecular formula is C11H9ClN2O2. The van der Waals surface area contributed by atoms with E-state index in [-0.39, 0.29) is 5.82 Å². The van der Waals surface area contributed by atoms with Crippen molar-refractivity contribution in [2.45, 2.75) is 0 Å². The van der Waals surface area contributed by atoms with Gasteiger partial charge in [0.15, 0.2) is 0 Å². The number of nitrogens with two attached hydrogens (primary N) is 1. The monoisotopic (exact) mass is 236 g/mol. The minimum Gasteiger partial charge on any atom is -0.465 e. The fourth-order valence-electron chi connectivity index (χ4n) is 1.51. The Morgan fingerprint density at radius 3 is 2.94 bits per heavy atom. The number of nitrogen functional groups attached to an aromatic ring is 1. The van der Waals surface area contributed by atoms with Crippen LogP contribution in [0.25, 0.3) is 10.9 Å². The van der Waals surface area contributed by atoms with Gasteiger partial charge in [-0.25, -0.2) is 9.78 Å². The number of nitrogens with zero attached hydrogens (tertiary/aromatic N) is 1. The van der Waals surface area contributed by atoms with E-state index in [2.05, 4.69) is 9.72 Å². The third kappa shape index (κ3) is 1.67. The van der Waals surface area contributed by atoms with E-state index >= 15 is 0 Å². The molecule has 2 N–H and O–H groups in total. The van der Waals surface area contributed by atoms with Gasteiger partial charge in [-0.3, -0.25) is 0 Å². The van der Waals surface area contributed by atoms with E-state index in [9.17, 15) is 4.79 Å². The lowest BCUT2D eigenvalue weighted by atomic mass is 10.1. The summed E-state index contributed by atoms with van der Waals surface area (Å²) in [6.07, 6.45) is 0. The maximum atomic E-state index is 11.5. The van der Waals surface area contributed by atoms with Crippen LogP contribution in [0, 0.1) is 0 Å². The van der Waals surface area contributed by atoms with Gasteiger partial charge in [0.05, 0.1) is 23.2 Å². The Hall–Kier alpha value is -1.81. The highest BCUT2D eigenvalue weighted by Gasteiger charge is 2.13. The van der Waals surface area contributed by atoms with E-state index in [0.717, 1.165) is 0 Å². The summed E-state index contributed by atoms with van der Waals surface area (Å²) < 4.78 is 4.67. The van der Waals surface area contributed by atoms with Gasteiger partial charge in [-0.05, 0) is 12.1 Å². The van der Waals surface area contributed by atoms with Crippen molar-refractivity contribution in [1.29, 1.82) is 0 Å². The second-order valence-corrected chi connectivity index (χ2v) is 3.63. The molecule has 2 aromatic rings. The van der Waals surface area contributed by atoms with Gasteiger partial charge < -0.3 is 10.5 Å². The van der Waals surface area contributed by atoms with Gasteiger partial charge in [-0.1, -0.05) is 23.7 Å². The zero-order chi connectivity index (χ0) is 11.7. The first-order chi connectivity index (χ1) is 7.63. The smallest absolute Gasteiger partial charge is 0.338 e. The number of hydrogen-bond donors (Lipinski definition) is 1. The minimum atomic E-state index is -0.457. The first-order valence-corrected chi connectivity index (χ1v) is 4.94. The van der Waals surface area contributed by atoms with Crippen molar-refractivity contribution < 1.29 is 9.53 Å². The lowest BCUT2D eigenvalue weighted by Crippen LogP contribution is -2.04. The highest BCUT2D eigenvalue weighted by molar-refractivity contribution is 6.35. The van der Waals surface area contributed by atoms with Crippen molar-refractivity contribution in [3.05, 3.63) is 34.9 Å². The molecule has 0 unspecified atom stereocenters. The third-order valence-electron chi connectivity index (χ3n) is 2.22. The maximum absolute atomic E-state index is 11.5. The maximum Gasteiger partial charge on any atom is 0.338 e. The molecule has 1 aromatic heterocycles. The van der Waals surface area contributed by atoms with Crippen LogP contribution < -0.4 is 5.73 Å². The SMILES string of the molecule is COC(=O)c1cc(N)nc2c(Cl)cccc12. The number of carbonyl (C=O) groups is 1. The summed E-state index contributed by atoms with van der Waals surface area (Å²) in [6, 6.07) is 6.66. The summed E-state index contributed by atoms with van der Waals surface area (Å²) in [5, 5.41) is 1.09. The normalized spacial score (nSPS) is 10.4. The number of halogens is 1. The van der Waals surface area contributed by atoms with Gasteiger partial charge in [0, 0.05) is 5.39 Å². The molecule has 0 aliphatic heterocycles. The van der Waals surface area contributed by atoms with Crippen LogP contribution in [0.15, 0.2) is 24.3 Å². The molecule has 0 radical (unpaired) electrons. The second kappa shape index (κ2) is 3.98. The van der Waals surface area contributed by atoms with Gasteiger partial charge >= 0.3 is 5.97 Å². The van der Waals surface area contributed by atoms with Gasteiger partial charge in [0.1, 0.15) is 5.82 Å². The Labute approximate surface area is 97.0 Å². The molecule has 0 saturated carbocycles. The zero-order valence-electron chi connectivity index (χ0n) is 8.53. The number of methoxy groups -OCH3 is 1. The van der Waals surface area contributed by atoms with Crippen LogP contribution in [-0.2, 0) is 4.74 Å². The lowest BCUT2D eigenvalue weighted by Gasteiger charge is -2.06. The Morgan fingerprint density at radius 1 is 1.50 bits per heavy atom. The number of benzene rings is 1. The number of anilines is 1. The predicted octanol–water partition coefficient (Wildman–Crippen LogP) is 2.26. The number of aromatic nitrogens is 1. The summed E-state index contributed by atoms with van der Waals surface area (Å²) in [5.41, 5.74) is 6.48. The van der Waals surface area contributed by atoms with Crippen molar-refractivity contribution in [2.24, 2.45) is 0 Å². The van der Waals surface area contributed by atoms with Crippen molar-refractivity contribution >= 4 is 34.3 Å². The molecule has 5 heteroatoms. The van der Waals surface area contributed by atoms with Crippen molar-refractivity contribution in [2.75, 3.05) is 12.8 Å². The van der Waals surface area contributed by atoms with E-state index in [4.69, 9.17) is 17.3 Å². The average molecular weight is 237 g/mol. The van der Waals surface area contributed by atoms with E-state index in [1.54, 1.807) is 18.2 Å². The van der Waals surface area contributed by atoms with Crippen molar-refractivity contribution in [3.63, 3.8) is 0 Å². The molecule has 1 aromatic carbocycles. The molecule has 0 fully saturated rings. The fraction of sp³-hybridized carbons (Fsp3) is 0.0909. The first-order valence-electron chi connectivity index (χ1n) is 4.56. The summed E-state index contributed by atoms with van der Waals surface area (Å²) in [5.74, 6) is -0.220. The highest BCUT2D eigenvalue weighted by atomic mass is 35.5. The van der Waals surface area contributed by atoms with Gasteiger partial charge in [-0.2, -0.15) is 0 Å². The topological polar surface area (TPSA) is 65.2 Å². The molecule has 82 valence electrons. The van der Waals surface area contributed by atoms with E-state index in [0.29, 0.717) is 21.5 Å². The van der Waals surface area contributed by atoms with Crippen LogP contribution in [0.1, 0.15) is 10.4 Å². The minimum absolute atomic E-state index is 0.237. The molecule has 4 nitrogen and oxygen atoms in total. The Morgan fingerprint density at radius 2 is 2.25 bits per heavy atom. The predicted molar refractivity (Wildman–Crippen MR) is 62.5 cm³/mol. The van der Waals surface area contributed by atoms with Crippen LogP contribution in [0.3, 0.4) is 0 Å². The molecule has 2 rings (SSSR count). The highest BCUT2D eigenvalue weighted by Crippen LogP contribution is 2.26. The van der Waals surface area contributed by atoms with E-state index in [1.165, 1.54) is 13.2 Å². The molecule has 1 heterocycles. The van der Waals surface area contributed by atoms with E-state index < -0.39 is 5.97 Å². The quantitative estimate of drug-likeness (QED) is 0.772. The van der Waals surface area contributed by atoms with Crippen molar-refractivity contribution in [3.8, 4) is 0 Å². The second-order valence-electron chi connectivity index (χ2n) is 3.22. The number of esters is 1. The van der Waals surface area contributed by atoms with Gasteiger partial charge in [0.25, 0.3) is 0 Å². The number of carbonyl (C=O) groups excluding carboxylic acids is 1. The van der Waals surface area contributed by atoms with Crippen LogP contribution >= 0.6 is 11.6 Å². The molecule has 0 saturated heterocycles.